The average molecular weight is 266 g/mol. The zero-order chi connectivity index (χ0) is 13.8. The van der Waals surface area contributed by atoms with Crippen molar-refractivity contribution >= 4 is 23.7 Å². The van der Waals surface area contributed by atoms with Crippen LogP contribution in [0.25, 0.3) is 0 Å². The second kappa shape index (κ2) is 5.59. The normalized spacial score (nSPS) is 15.1. The van der Waals surface area contributed by atoms with Gasteiger partial charge in [0.05, 0.1) is 0 Å². The Morgan fingerprint density at radius 2 is 2.00 bits per heavy atom. The lowest BCUT2D eigenvalue weighted by molar-refractivity contribution is -0.139. The summed E-state index contributed by atoms with van der Waals surface area (Å²) in [4.78, 5) is 35.2. The Labute approximate surface area is 109 Å². The van der Waals surface area contributed by atoms with Crippen LogP contribution in [0.15, 0.2) is 4.42 Å². The van der Waals surface area contributed by atoms with E-state index in [0.717, 1.165) is 4.90 Å². The summed E-state index contributed by atoms with van der Waals surface area (Å²) in [5.41, 5.74) is 0. The molecule has 1 saturated heterocycles. The van der Waals surface area contributed by atoms with Gasteiger partial charge in [0.2, 0.25) is 23.6 Å². The number of carbonyl (C=O) groups excluding carboxylic acids is 3. The highest BCUT2D eigenvalue weighted by Crippen LogP contribution is 2.16. The quantitative estimate of drug-likeness (QED) is 0.776. The number of amides is 3. The van der Waals surface area contributed by atoms with Crippen LogP contribution in [0.1, 0.15) is 38.5 Å². The van der Waals surface area contributed by atoms with Crippen LogP contribution in [0.4, 0.5) is 6.01 Å². The molecule has 0 spiro atoms. The molecule has 0 aliphatic carbocycles. The lowest BCUT2D eigenvalue weighted by Crippen LogP contribution is -2.28. The molecule has 2 heterocycles. The monoisotopic (exact) mass is 266 g/mol. The van der Waals surface area contributed by atoms with E-state index in [4.69, 9.17) is 4.42 Å². The SMILES string of the molecule is CCCC(=O)Nc1nnc(CN2C(=O)CCC2=O)o1. The molecule has 19 heavy (non-hydrogen) atoms. The van der Waals surface area contributed by atoms with Crippen LogP contribution in [0.3, 0.4) is 0 Å². The van der Waals surface area contributed by atoms with Crippen molar-refractivity contribution < 1.29 is 18.8 Å². The number of hydrogen-bond donors (Lipinski definition) is 1. The fraction of sp³-hybridized carbons (Fsp3) is 0.545. The highest BCUT2D eigenvalue weighted by molar-refractivity contribution is 6.01. The van der Waals surface area contributed by atoms with Gasteiger partial charge in [0.1, 0.15) is 6.54 Å². The molecule has 0 bridgehead atoms. The standard InChI is InChI=1S/C11H14N4O4/c1-2-3-7(16)12-11-14-13-8(19-11)6-15-9(17)4-5-10(15)18/h2-6H2,1H3,(H,12,14,16). The number of nitrogens with one attached hydrogen (secondary N) is 1. The van der Waals surface area contributed by atoms with E-state index in [2.05, 4.69) is 15.5 Å². The molecular formula is C11H14N4O4. The second-order valence-corrected chi connectivity index (χ2v) is 4.17. The summed E-state index contributed by atoms with van der Waals surface area (Å²) in [5, 5.41) is 9.76. The molecule has 102 valence electrons. The molecule has 1 aliphatic heterocycles. The van der Waals surface area contributed by atoms with Gasteiger partial charge in [0.25, 0.3) is 0 Å². The molecule has 0 unspecified atom stereocenters. The van der Waals surface area contributed by atoms with E-state index in [1.165, 1.54) is 0 Å². The summed E-state index contributed by atoms with van der Waals surface area (Å²) in [7, 11) is 0. The van der Waals surface area contributed by atoms with Gasteiger partial charge in [-0.25, -0.2) is 0 Å². The Morgan fingerprint density at radius 3 is 2.63 bits per heavy atom. The molecule has 0 saturated carbocycles. The fourth-order valence-electron chi connectivity index (χ4n) is 1.71. The fourth-order valence-corrected chi connectivity index (χ4v) is 1.71. The predicted molar refractivity (Wildman–Crippen MR) is 62.6 cm³/mol. The summed E-state index contributed by atoms with van der Waals surface area (Å²) in [6, 6.07) is -0.0208. The third kappa shape index (κ3) is 3.15. The zero-order valence-electron chi connectivity index (χ0n) is 10.5. The van der Waals surface area contributed by atoms with Crippen molar-refractivity contribution in [2.75, 3.05) is 5.32 Å². The second-order valence-electron chi connectivity index (χ2n) is 4.17. The van der Waals surface area contributed by atoms with Gasteiger partial charge in [-0.15, -0.1) is 5.10 Å². The van der Waals surface area contributed by atoms with Crippen LogP contribution in [0, 0.1) is 0 Å². The van der Waals surface area contributed by atoms with Crippen LogP contribution in [-0.4, -0.2) is 32.8 Å². The minimum absolute atomic E-state index is 0.0208. The van der Waals surface area contributed by atoms with Gasteiger partial charge >= 0.3 is 6.01 Å². The molecular weight excluding hydrogens is 252 g/mol. The van der Waals surface area contributed by atoms with Gasteiger partial charge in [-0.1, -0.05) is 12.0 Å². The van der Waals surface area contributed by atoms with Crippen LogP contribution >= 0.6 is 0 Å². The zero-order valence-corrected chi connectivity index (χ0v) is 10.5. The molecule has 3 amide bonds. The third-order valence-corrected chi connectivity index (χ3v) is 2.64. The first-order valence-electron chi connectivity index (χ1n) is 6.05. The molecule has 0 radical (unpaired) electrons. The summed E-state index contributed by atoms with van der Waals surface area (Å²) < 4.78 is 5.16. The lowest BCUT2D eigenvalue weighted by Gasteiger charge is -2.09. The van der Waals surface area contributed by atoms with E-state index in [1.54, 1.807) is 0 Å². The van der Waals surface area contributed by atoms with Gasteiger partial charge in [-0.3, -0.25) is 24.6 Å². The van der Waals surface area contributed by atoms with Crippen molar-refractivity contribution in [3.05, 3.63) is 5.89 Å². The van der Waals surface area contributed by atoms with Crippen molar-refractivity contribution in [3.63, 3.8) is 0 Å². The number of carbonyl (C=O) groups is 3. The van der Waals surface area contributed by atoms with Crippen LogP contribution in [0.2, 0.25) is 0 Å². The smallest absolute Gasteiger partial charge is 0.322 e. The molecule has 0 aromatic carbocycles. The number of aromatic nitrogens is 2. The molecule has 8 nitrogen and oxygen atoms in total. The Morgan fingerprint density at radius 1 is 1.32 bits per heavy atom. The van der Waals surface area contributed by atoms with Crippen molar-refractivity contribution in [2.24, 2.45) is 0 Å². The van der Waals surface area contributed by atoms with Crippen molar-refractivity contribution in [3.8, 4) is 0 Å². The topological polar surface area (TPSA) is 105 Å². The van der Waals surface area contributed by atoms with E-state index >= 15 is 0 Å². The first-order valence-corrected chi connectivity index (χ1v) is 6.05. The maximum Gasteiger partial charge on any atom is 0.322 e. The number of likely N-dealkylation sites (tertiary alicyclic amines) is 1. The molecule has 1 aliphatic rings. The van der Waals surface area contributed by atoms with E-state index in [9.17, 15) is 14.4 Å². The minimum atomic E-state index is -0.250. The average Bonchev–Trinajstić information content (AvgIpc) is 2.91. The number of anilines is 1. The summed E-state index contributed by atoms with van der Waals surface area (Å²) >= 11 is 0. The minimum Gasteiger partial charge on any atom is -0.406 e. The van der Waals surface area contributed by atoms with Gasteiger partial charge in [-0.05, 0) is 6.42 Å². The van der Waals surface area contributed by atoms with E-state index < -0.39 is 0 Å². The number of hydrogen-bond acceptors (Lipinski definition) is 6. The summed E-state index contributed by atoms with van der Waals surface area (Å²) in [6.07, 6.45) is 1.50. The van der Waals surface area contributed by atoms with Crippen molar-refractivity contribution in [1.82, 2.24) is 15.1 Å². The van der Waals surface area contributed by atoms with E-state index in [-0.39, 0.29) is 49.0 Å². The summed E-state index contributed by atoms with van der Waals surface area (Å²) in [5.74, 6) is -0.596. The molecule has 2 rings (SSSR count). The molecule has 1 aromatic rings. The Hall–Kier alpha value is -2.25. The Balaban J connectivity index is 1.95. The Kier molecular flexibility index (Phi) is 3.88. The first kappa shape index (κ1) is 13.2. The number of rotatable bonds is 5. The first-order chi connectivity index (χ1) is 9.10. The predicted octanol–water partition coefficient (Wildman–Crippen LogP) is 0.457. The number of nitrogens with zero attached hydrogens (tertiary/aromatic N) is 3. The Bertz CT molecular complexity index is 495. The molecule has 8 heteroatoms. The van der Waals surface area contributed by atoms with Crippen LogP contribution in [0.5, 0.6) is 0 Å². The van der Waals surface area contributed by atoms with Crippen molar-refractivity contribution in [2.45, 2.75) is 39.2 Å². The maximum atomic E-state index is 11.4. The van der Waals surface area contributed by atoms with Crippen LogP contribution < -0.4 is 5.32 Å². The molecule has 1 aromatic heterocycles. The van der Waals surface area contributed by atoms with Crippen molar-refractivity contribution in [1.29, 1.82) is 0 Å². The highest BCUT2D eigenvalue weighted by Gasteiger charge is 2.30. The number of imide groups is 1. The van der Waals surface area contributed by atoms with Gasteiger partial charge in [-0.2, -0.15) is 0 Å². The maximum absolute atomic E-state index is 11.4. The van der Waals surface area contributed by atoms with E-state index in [1.807, 2.05) is 6.92 Å². The molecule has 1 N–H and O–H groups in total. The van der Waals surface area contributed by atoms with Crippen LogP contribution in [-0.2, 0) is 20.9 Å². The van der Waals surface area contributed by atoms with Gasteiger partial charge in [0, 0.05) is 19.3 Å². The van der Waals surface area contributed by atoms with Gasteiger partial charge in [0.15, 0.2) is 0 Å². The lowest BCUT2D eigenvalue weighted by atomic mass is 10.3. The molecule has 0 atom stereocenters. The van der Waals surface area contributed by atoms with Gasteiger partial charge < -0.3 is 4.42 Å². The molecule has 1 fully saturated rings. The highest BCUT2D eigenvalue weighted by atomic mass is 16.4. The summed E-state index contributed by atoms with van der Waals surface area (Å²) in [6.45, 7) is 1.83. The largest absolute Gasteiger partial charge is 0.406 e. The van der Waals surface area contributed by atoms with E-state index in [0.29, 0.717) is 12.8 Å². The third-order valence-electron chi connectivity index (χ3n) is 2.64.